The van der Waals surface area contributed by atoms with Crippen molar-refractivity contribution < 1.29 is 27.8 Å². The summed E-state index contributed by atoms with van der Waals surface area (Å²) in [5, 5.41) is 12.9. The number of rotatable bonds is 6. The van der Waals surface area contributed by atoms with Crippen molar-refractivity contribution in [3.63, 3.8) is 0 Å². The van der Waals surface area contributed by atoms with Gasteiger partial charge in [0.25, 0.3) is 11.5 Å². The minimum absolute atomic E-state index is 0.151. The van der Waals surface area contributed by atoms with Crippen LogP contribution in [0.5, 0.6) is 5.75 Å². The van der Waals surface area contributed by atoms with Crippen molar-refractivity contribution in [3.8, 4) is 5.75 Å². The van der Waals surface area contributed by atoms with Gasteiger partial charge < -0.3 is 20.1 Å². The first-order valence-electron chi connectivity index (χ1n) is 9.18. The van der Waals surface area contributed by atoms with Gasteiger partial charge in [-0.05, 0) is 42.8 Å². The van der Waals surface area contributed by atoms with Crippen molar-refractivity contribution in [3.05, 3.63) is 74.4 Å². The van der Waals surface area contributed by atoms with Gasteiger partial charge in [-0.15, -0.1) is 13.2 Å². The summed E-state index contributed by atoms with van der Waals surface area (Å²) in [5.41, 5.74) is -0.434. The molecule has 3 rings (SSSR count). The molecule has 0 aliphatic rings. The van der Waals surface area contributed by atoms with Crippen LogP contribution in [0.1, 0.15) is 28.9 Å². The van der Waals surface area contributed by atoms with Gasteiger partial charge in [0.2, 0.25) is 0 Å². The van der Waals surface area contributed by atoms with Gasteiger partial charge in [-0.3, -0.25) is 14.2 Å². The molecule has 1 atom stereocenters. The van der Waals surface area contributed by atoms with Crippen molar-refractivity contribution in [2.45, 2.75) is 25.9 Å². The Morgan fingerprint density at radius 1 is 1.19 bits per heavy atom. The number of hydrogen-bond acceptors (Lipinski definition) is 5. The molecular formula is C20H18F3N3O5. The highest BCUT2D eigenvalue weighted by atomic mass is 19.4. The third-order valence-electron chi connectivity index (χ3n) is 4.51. The van der Waals surface area contributed by atoms with Gasteiger partial charge in [0.05, 0.1) is 17.0 Å². The number of H-pyrrole nitrogens is 1. The van der Waals surface area contributed by atoms with E-state index in [0.717, 1.165) is 16.7 Å². The maximum absolute atomic E-state index is 12.4. The number of amides is 1. The van der Waals surface area contributed by atoms with Gasteiger partial charge in [0.1, 0.15) is 5.75 Å². The monoisotopic (exact) mass is 437 g/mol. The lowest BCUT2D eigenvalue weighted by Crippen LogP contribution is -2.34. The standard InChI is InChI=1S/C20H18F3N3O5/c1-2-26-18(29)14-8-5-12(9-15(14)25-19(26)30)17(28)24-10-16(27)11-3-6-13(7-4-11)31-20(21,22)23/h3-9,16,27H,2,10H2,1H3,(H,24,28)(H,25,30). The molecule has 0 saturated carbocycles. The molecule has 8 nitrogen and oxygen atoms in total. The van der Waals surface area contributed by atoms with Crippen LogP contribution in [0.2, 0.25) is 0 Å². The Bertz CT molecular complexity index is 1220. The zero-order valence-corrected chi connectivity index (χ0v) is 16.2. The van der Waals surface area contributed by atoms with E-state index in [0.29, 0.717) is 0 Å². The van der Waals surface area contributed by atoms with E-state index in [9.17, 15) is 32.7 Å². The summed E-state index contributed by atoms with van der Waals surface area (Å²) >= 11 is 0. The van der Waals surface area contributed by atoms with Gasteiger partial charge in [-0.25, -0.2) is 4.79 Å². The van der Waals surface area contributed by atoms with E-state index in [1.165, 1.54) is 30.3 Å². The van der Waals surface area contributed by atoms with Crippen molar-refractivity contribution in [1.29, 1.82) is 0 Å². The summed E-state index contributed by atoms with van der Waals surface area (Å²) in [6, 6.07) is 8.78. The number of aliphatic hydroxyl groups is 1. The number of carbonyl (C=O) groups is 1. The molecule has 0 saturated heterocycles. The molecule has 11 heteroatoms. The predicted octanol–water partition coefficient (Wildman–Crippen LogP) is 2.07. The molecule has 3 aromatic rings. The Hall–Kier alpha value is -3.60. The van der Waals surface area contributed by atoms with E-state index in [2.05, 4.69) is 15.0 Å². The van der Waals surface area contributed by atoms with Gasteiger partial charge in [-0.1, -0.05) is 12.1 Å². The lowest BCUT2D eigenvalue weighted by atomic mass is 10.1. The van der Waals surface area contributed by atoms with Crippen LogP contribution in [-0.2, 0) is 6.54 Å². The number of fused-ring (bicyclic) bond motifs is 1. The fourth-order valence-electron chi connectivity index (χ4n) is 2.98. The highest BCUT2D eigenvalue weighted by Crippen LogP contribution is 2.24. The van der Waals surface area contributed by atoms with Crippen molar-refractivity contribution in [2.75, 3.05) is 6.54 Å². The summed E-state index contributed by atoms with van der Waals surface area (Å²) in [4.78, 5) is 39.1. The van der Waals surface area contributed by atoms with Crippen molar-refractivity contribution in [1.82, 2.24) is 14.9 Å². The van der Waals surface area contributed by atoms with E-state index in [1.807, 2.05) is 0 Å². The molecule has 1 aromatic heterocycles. The molecule has 0 bridgehead atoms. The lowest BCUT2D eigenvalue weighted by Gasteiger charge is -2.14. The molecule has 1 amide bonds. The summed E-state index contributed by atoms with van der Waals surface area (Å²) in [6.07, 6.45) is -6.00. The predicted molar refractivity (Wildman–Crippen MR) is 105 cm³/mol. The zero-order chi connectivity index (χ0) is 22.8. The molecule has 1 heterocycles. The first-order chi connectivity index (χ1) is 14.6. The molecule has 3 N–H and O–H groups in total. The summed E-state index contributed by atoms with van der Waals surface area (Å²) in [7, 11) is 0. The van der Waals surface area contributed by atoms with Gasteiger partial charge in [-0.2, -0.15) is 0 Å². The summed E-state index contributed by atoms with van der Waals surface area (Å²) in [5.74, 6) is -1.00. The van der Waals surface area contributed by atoms with Gasteiger partial charge >= 0.3 is 12.1 Å². The zero-order valence-electron chi connectivity index (χ0n) is 16.2. The van der Waals surface area contributed by atoms with Crippen LogP contribution in [0.4, 0.5) is 13.2 Å². The van der Waals surface area contributed by atoms with Crippen LogP contribution in [0.3, 0.4) is 0 Å². The van der Waals surface area contributed by atoms with E-state index in [-0.39, 0.29) is 35.1 Å². The number of ether oxygens (including phenoxy) is 1. The minimum atomic E-state index is -4.82. The fourth-order valence-corrected chi connectivity index (χ4v) is 2.98. The van der Waals surface area contributed by atoms with Crippen LogP contribution < -0.4 is 21.3 Å². The second-order valence-corrected chi connectivity index (χ2v) is 6.58. The molecule has 0 spiro atoms. The number of nitrogens with zero attached hydrogens (tertiary/aromatic N) is 1. The number of hydrogen-bond donors (Lipinski definition) is 3. The number of aromatic amines is 1. The Kier molecular flexibility index (Phi) is 6.16. The Morgan fingerprint density at radius 3 is 2.48 bits per heavy atom. The molecule has 164 valence electrons. The maximum Gasteiger partial charge on any atom is 0.573 e. The highest BCUT2D eigenvalue weighted by Gasteiger charge is 2.31. The van der Waals surface area contributed by atoms with Crippen LogP contribution in [0, 0.1) is 0 Å². The first-order valence-corrected chi connectivity index (χ1v) is 9.18. The molecule has 31 heavy (non-hydrogen) atoms. The summed E-state index contributed by atoms with van der Waals surface area (Å²) < 4.78 is 41.4. The van der Waals surface area contributed by atoms with E-state index in [4.69, 9.17) is 0 Å². The van der Waals surface area contributed by atoms with Crippen molar-refractivity contribution in [2.24, 2.45) is 0 Å². The lowest BCUT2D eigenvalue weighted by molar-refractivity contribution is -0.274. The normalized spacial score (nSPS) is 12.5. The topological polar surface area (TPSA) is 113 Å². The van der Waals surface area contributed by atoms with Crippen LogP contribution in [0.15, 0.2) is 52.1 Å². The second-order valence-electron chi connectivity index (χ2n) is 6.58. The molecular weight excluding hydrogens is 419 g/mol. The molecule has 0 radical (unpaired) electrons. The average Bonchev–Trinajstić information content (AvgIpc) is 2.71. The fraction of sp³-hybridized carbons (Fsp3) is 0.250. The Labute approximate surface area is 172 Å². The Balaban J connectivity index is 1.69. The number of aromatic nitrogens is 2. The largest absolute Gasteiger partial charge is 0.573 e. The number of nitrogens with one attached hydrogen (secondary N) is 2. The minimum Gasteiger partial charge on any atom is -0.406 e. The second kappa shape index (κ2) is 8.64. The van der Waals surface area contributed by atoms with E-state index in [1.54, 1.807) is 6.92 Å². The molecule has 1 unspecified atom stereocenters. The summed E-state index contributed by atoms with van der Waals surface area (Å²) in [6.45, 7) is 1.64. The molecule has 0 fully saturated rings. The van der Waals surface area contributed by atoms with E-state index < -0.39 is 35.4 Å². The maximum atomic E-state index is 12.4. The van der Waals surface area contributed by atoms with Gasteiger partial charge in [0.15, 0.2) is 0 Å². The first kappa shape index (κ1) is 22.1. The quantitative estimate of drug-likeness (QED) is 0.547. The molecule has 0 aliphatic heterocycles. The smallest absolute Gasteiger partial charge is 0.406 e. The number of aliphatic hydroxyl groups excluding tert-OH is 1. The number of alkyl halides is 3. The third kappa shape index (κ3) is 5.12. The van der Waals surface area contributed by atoms with Crippen molar-refractivity contribution >= 4 is 16.8 Å². The third-order valence-corrected chi connectivity index (χ3v) is 4.51. The highest BCUT2D eigenvalue weighted by molar-refractivity contribution is 5.97. The van der Waals surface area contributed by atoms with E-state index >= 15 is 0 Å². The Morgan fingerprint density at radius 2 is 1.87 bits per heavy atom. The van der Waals surface area contributed by atoms with Crippen LogP contribution >= 0.6 is 0 Å². The van der Waals surface area contributed by atoms with Gasteiger partial charge in [0, 0.05) is 18.7 Å². The molecule has 2 aromatic carbocycles. The SMILES string of the molecule is CCn1c(=O)[nH]c2cc(C(=O)NCC(O)c3ccc(OC(F)(F)F)cc3)ccc2c1=O. The van der Waals surface area contributed by atoms with Crippen LogP contribution in [0.25, 0.3) is 10.9 Å². The molecule has 0 aliphatic carbocycles. The average molecular weight is 437 g/mol. The number of halogens is 3. The number of carbonyl (C=O) groups excluding carboxylic acids is 1. The van der Waals surface area contributed by atoms with Crippen LogP contribution in [-0.4, -0.2) is 33.5 Å². The number of benzene rings is 2.